The molecule has 0 radical (unpaired) electrons. The molecule has 1 amide bonds. The number of rotatable bonds is 5. The number of anilines is 2. The minimum Gasteiger partial charge on any atom is -0.323 e. The maximum atomic E-state index is 12.5. The second-order valence-corrected chi connectivity index (χ2v) is 8.94. The molecule has 1 fully saturated rings. The van der Waals surface area contributed by atoms with E-state index in [1.807, 2.05) is 30.1 Å². The average Bonchev–Trinajstić information content (AvgIpc) is 2.85. The van der Waals surface area contributed by atoms with Gasteiger partial charge in [0.05, 0.1) is 5.52 Å². The Morgan fingerprint density at radius 1 is 0.914 bits per heavy atom. The van der Waals surface area contributed by atoms with Crippen molar-refractivity contribution in [3.8, 4) is 11.1 Å². The van der Waals surface area contributed by atoms with Crippen LogP contribution in [0.2, 0.25) is 0 Å². The third-order valence-electron chi connectivity index (χ3n) is 6.30. The molecule has 35 heavy (non-hydrogen) atoms. The molecule has 4 aromatic rings. The first-order valence-electron chi connectivity index (χ1n) is 11.8. The van der Waals surface area contributed by atoms with E-state index >= 15 is 0 Å². The summed E-state index contributed by atoms with van der Waals surface area (Å²) in [7, 11) is 0. The van der Waals surface area contributed by atoms with Crippen LogP contribution in [0.5, 0.6) is 0 Å². The number of carbonyl (C=O) groups excluding carboxylic acids is 1. The van der Waals surface area contributed by atoms with Crippen molar-refractivity contribution in [2.24, 2.45) is 0 Å². The lowest BCUT2D eigenvalue weighted by Crippen LogP contribution is -2.52. The third-order valence-corrected chi connectivity index (χ3v) is 6.30. The van der Waals surface area contributed by atoms with Gasteiger partial charge in [-0.15, -0.1) is 10.2 Å². The van der Waals surface area contributed by atoms with Crippen LogP contribution < -0.4 is 16.1 Å². The average molecular weight is 468 g/mol. The largest absolute Gasteiger partial charge is 0.323 e. The van der Waals surface area contributed by atoms with Gasteiger partial charge in [0, 0.05) is 37.4 Å². The van der Waals surface area contributed by atoms with E-state index in [1.54, 1.807) is 12.1 Å². The molecule has 178 valence electrons. The lowest BCUT2D eigenvalue weighted by molar-refractivity contribution is 0.0765. The number of hydrogen-bond donors (Lipinski definition) is 3. The lowest BCUT2D eigenvalue weighted by atomic mass is 9.94. The summed E-state index contributed by atoms with van der Waals surface area (Å²) in [5, 5.41) is 17.1. The van der Waals surface area contributed by atoms with Crippen molar-refractivity contribution in [2.75, 3.05) is 31.5 Å². The maximum absolute atomic E-state index is 12.5. The molecule has 2 heterocycles. The Kier molecular flexibility index (Phi) is 6.39. The monoisotopic (exact) mass is 467 g/mol. The highest BCUT2D eigenvalue weighted by Gasteiger charge is 2.14. The SMILES string of the molecule is Cc1cccc(C)c1-c1cc(C)c2nc(Nc3ccc(C(=O)NN4CCNCC4)cc3)nnc2c1. The number of fused-ring (bicyclic) bond motifs is 1. The summed E-state index contributed by atoms with van der Waals surface area (Å²) in [6.45, 7) is 9.62. The zero-order valence-corrected chi connectivity index (χ0v) is 20.2. The summed E-state index contributed by atoms with van der Waals surface area (Å²) in [5.41, 5.74) is 11.8. The molecular weight excluding hydrogens is 438 g/mol. The van der Waals surface area contributed by atoms with E-state index in [0.717, 1.165) is 54.0 Å². The number of aryl methyl sites for hydroxylation is 3. The molecule has 1 aromatic heterocycles. The van der Waals surface area contributed by atoms with Gasteiger partial charge in [0.15, 0.2) is 0 Å². The van der Waals surface area contributed by atoms with Crippen LogP contribution in [0.25, 0.3) is 22.2 Å². The van der Waals surface area contributed by atoms with E-state index in [1.165, 1.54) is 16.7 Å². The number of hydrazine groups is 1. The first-order chi connectivity index (χ1) is 17.0. The van der Waals surface area contributed by atoms with E-state index in [0.29, 0.717) is 11.5 Å². The van der Waals surface area contributed by atoms with Gasteiger partial charge in [-0.25, -0.2) is 9.99 Å². The first kappa shape index (κ1) is 22.9. The van der Waals surface area contributed by atoms with Crippen molar-refractivity contribution in [3.63, 3.8) is 0 Å². The molecule has 8 heteroatoms. The van der Waals surface area contributed by atoms with Crippen LogP contribution in [0.4, 0.5) is 11.6 Å². The molecule has 3 N–H and O–H groups in total. The standard InChI is InChI=1S/C27H29N7O/c1-17-5-4-6-18(2)24(17)21-15-19(3)25-23(16-21)31-32-27(30-25)29-22-9-7-20(8-10-22)26(35)33-34-13-11-28-12-14-34/h4-10,15-16,28H,11-14H2,1-3H3,(H,33,35)(H,29,30,32). The molecule has 0 bridgehead atoms. The Morgan fingerprint density at radius 2 is 1.63 bits per heavy atom. The smallest absolute Gasteiger partial charge is 0.265 e. The Bertz CT molecular complexity index is 1360. The molecule has 1 saturated heterocycles. The molecule has 0 aliphatic carbocycles. The number of aromatic nitrogens is 3. The van der Waals surface area contributed by atoms with Crippen LogP contribution in [0, 0.1) is 20.8 Å². The minimum atomic E-state index is -0.114. The predicted octanol–water partition coefficient (Wildman–Crippen LogP) is 3.91. The third kappa shape index (κ3) is 4.99. The fourth-order valence-electron chi connectivity index (χ4n) is 4.50. The van der Waals surface area contributed by atoms with E-state index in [2.05, 4.69) is 64.4 Å². The fourth-order valence-corrected chi connectivity index (χ4v) is 4.50. The van der Waals surface area contributed by atoms with Crippen molar-refractivity contribution in [1.82, 2.24) is 30.9 Å². The Morgan fingerprint density at radius 3 is 2.34 bits per heavy atom. The number of amides is 1. The summed E-state index contributed by atoms with van der Waals surface area (Å²) >= 11 is 0. The highest BCUT2D eigenvalue weighted by atomic mass is 16.2. The summed E-state index contributed by atoms with van der Waals surface area (Å²) in [4.78, 5) is 17.2. The maximum Gasteiger partial charge on any atom is 0.265 e. The topological polar surface area (TPSA) is 95.1 Å². The van der Waals surface area contributed by atoms with Crippen LogP contribution in [-0.2, 0) is 0 Å². The molecule has 8 nitrogen and oxygen atoms in total. The van der Waals surface area contributed by atoms with Crippen molar-refractivity contribution < 1.29 is 4.79 Å². The van der Waals surface area contributed by atoms with Crippen molar-refractivity contribution in [1.29, 1.82) is 0 Å². The minimum absolute atomic E-state index is 0.114. The van der Waals surface area contributed by atoms with Crippen LogP contribution >= 0.6 is 0 Å². The van der Waals surface area contributed by atoms with Gasteiger partial charge in [0.1, 0.15) is 5.52 Å². The number of nitrogens with one attached hydrogen (secondary N) is 3. The van der Waals surface area contributed by atoms with Gasteiger partial charge in [-0.3, -0.25) is 10.2 Å². The van der Waals surface area contributed by atoms with Crippen molar-refractivity contribution >= 4 is 28.6 Å². The van der Waals surface area contributed by atoms with Gasteiger partial charge in [0.25, 0.3) is 5.91 Å². The van der Waals surface area contributed by atoms with E-state index in [-0.39, 0.29) is 5.91 Å². The van der Waals surface area contributed by atoms with Crippen molar-refractivity contribution in [2.45, 2.75) is 20.8 Å². The number of hydrogen-bond acceptors (Lipinski definition) is 7. The number of benzene rings is 3. The zero-order valence-electron chi connectivity index (χ0n) is 20.2. The zero-order chi connectivity index (χ0) is 24.4. The highest BCUT2D eigenvalue weighted by Crippen LogP contribution is 2.31. The summed E-state index contributed by atoms with van der Waals surface area (Å²) in [5.74, 6) is 0.302. The number of nitrogens with zero attached hydrogens (tertiary/aromatic N) is 4. The summed E-state index contributed by atoms with van der Waals surface area (Å²) < 4.78 is 0. The molecule has 0 spiro atoms. The number of carbonyl (C=O) groups is 1. The summed E-state index contributed by atoms with van der Waals surface area (Å²) in [6, 6.07) is 17.8. The Balaban J connectivity index is 1.33. The molecular formula is C27H29N7O. The molecule has 3 aromatic carbocycles. The normalized spacial score (nSPS) is 14.1. The quantitative estimate of drug-likeness (QED) is 0.410. The van der Waals surface area contributed by atoms with Crippen molar-refractivity contribution in [3.05, 3.63) is 76.9 Å². The first-order valence-corrected chi connectivity index (χ1v) is 11.8. The van der Waals surface area contributed by atoms with Crippen LogP contribution in [0.1, 0.15) is 27.0 Å². The van der Waals surface area contributed by atoms with Crippen LogP contribution in [0.15, 0.2) is 54.6 Å². The molecule has 0 saturated carbocycles. The van der Waals surface area contributed by atoms with E-state index in [4.69, 9.17) is 4.98 Å². The van der Waals surface area contributed by atoms with Gasteiger partial charge in [0.2, 0.25) is 5.95 Å². The highest BCUT2D eigenvalue weighted by molar-refractivity contribution is 5.94. The van der Waals surface area contributed by atoms with Gasteiger partial charge in [-0.2, -0.15) is 0 Å². The van der Waals surface area contributed by atoms with Crippen LogP contribution in [-0.4, -0.2) is 52.3 Å². The van der Waals surface area contributed by atoms with E-state index in [9.17, 15) is 4.79 Å². The Labute approximate surface area is 204 Å². The Hall–Kier alpha value is -3.88. The van der Waals surface area contributed by atoms with Gasteiger partial charge >= 0.3 is 0 Å². The van der Waals surface area contributed by atoms with Gasteiger partial charge in [-0.1, -0.05) is 18.2 Å². The lowest BCUT2D eigenvalue weighted by Gasteiger charge is -2.27. The fraction of sp³-hybridized carbons (Fsp3) is 0.259. The summed E-state index contributed by atoms with van der Waals surface area (Å²) in [6.07, 6.45) is 0. The molecule has 5 rings (SSSR count). The molecule has 1 aliphatic heterocycles. The van der Waals surface area contributed by atoms with Gasteiger partial charge < -0.3 is 10.6 Å². The predicted molar refractivity (Wildman–Crippen MR) is 139 cm³/mol. The second kappa shape index (κ2) is 9.77. The number of piperazine rings is 1. The molecule has 0 unspecified atom stereocenters. The molecule has 1 aliphatic rings. The second-order valence-electron chi connectivity index (χ2n) is 8.94. The van der Waals surface area contributed by atoms with Crippen LogP contribution in [0.3, 0.4) is 0 Å². The van der Waals surface area contributed by atoms with E-state index < -0.39 is 0 Å². The van der Waals surface area contributed by atoms with Gasteiger partial charge in [-0.05, 0) is 85.0 Å². The molecule has 0 atom stereocenters.